The second-order valence-electron chi connectivity index (χ2n) is 8.15. The third-order valence-electron chi connectivity index (χ3n) is 4.74. The summed E-state index contributed by atoms with van der Waals surface area (Å²) in [6.07, 6.45) is 8.61. The van der Waals surface area contributed by atoms with Crippen molar-refractivity contribution in [2.24, 2.45) is 10.8 Å². The highest BCUT2D eigenvalue weighted by Crippen LogP contribution is 2.38. The molecule has 0 fully saturated rings. The molecule has 2 unspecified atom stereocenters. The normalized spacial score (nSPS) is 20.5. The topological polar surface area (TPSA) is 63.6 Å². The van der Waals surface area contributed by atoms with E-state index in [4.69, 9.17) is 9.84 Å². The highest BCUT2D eigenvalue weighted by atomic mass is 16.5. The maximum absolute atomic E-state index is 11.9. The minimum Gasteiger partial charge on any atom is -0.481 e. The number of ether oxygens (including phenoxy) is 1. The summed E-state index contributed by atoms with van der Waals surface area (Å²) in [4.78, 5) is 22.7. The van der Waals surface area contributed by atoms with E-state index in [0.29, 0.717) is 0 Å². The van der Waals surface area contributed by atoms with Gasteiger partial charge in [-0.15, -0.1) is 6.58 Å². The predicted molar refractivity (Wildman–Crippen MR) is 106 cm³/mol. The fourth-order valence-corrected chi connectivity index (χ4v) is 3.27. The van der Waals surface area contributed by atoms with Gasteiger partial charge in [-0.2, -0.15) is 0 Å². The number of carboxylic acids is 1. The van der Waals surface area contributed by atoms with Crippen molar-refractivity contribution in [1.82, 2.24) is 0 Å². The average molecular weight is 368 g/mol. The number of carbonyl (C=O) groups is 2. The molecule has 4 heteroatoms. The van der Waals surface area contributed by atoms with Crippen LogP contribution in [-0.2, 0) is 20.7 Å². The van der Waals surface area contributed by atoms with Crippen LogP contribution >= 0.6 is 0 Å². The van der Waals surface area contributed by atoms with Crippen molar-refractivity contribution in [3.8, 4) is 0 Å². The van der Waals surface area contributed by atoms with Crippen LogP contribution in [0.3, 0.4) is 0 Å². The van der Waals surface area contributed by atoms with Crippen LogP contribution in [0.25, 0.3) is 0 Å². The van der Waals surface area contributed by atoms with E-state index in [1.807, 2.05) is 51.1 Å². The molecule has 0 saturated carbocycles. The monoisotopic (exact) mass is 368 g/mol. The standard InChI is InChI=1S/C23H28O4/c1-5-23(16-17-9-7-6-8-10-17)13-11-18(12-14-23)21(22(2,3)4)27-20(26)15-19(24)25/h5-13,21H,1,14-16H2,2-4H3,(H,24,25). The molecule has 0 saturated heterocycles. The Labute approximate surface area is 161 Å². The number of allylic oxidation sites excluding steroid dienone is 3. The van der Waals surface area contributed by atoms with Crippen LogP contribution in [0.2, 0.25) is 0 Å². The van der Waals surface area contributed by atoms with Crippen LogP contribution in [0.1, 0.15) is 39.2 Å². The maximum Gasteiger partial charge on any atom is 0.317 e. The van der Waals surface area contributed by atoms with E-state index in [0.717, 1.165) is 18.4 Å². The Kier molecular flexibility index (Phi) is 6.42. The highest BCUT2D eigenvalue weighted by molar-refractivity contribution is 5.90. The number of rotatable bonds is 7. The second-order valence-corrected chi connectivity index (χ2v) is 8.15. The summed E-state index contributed by atoms with van der Waals surface area (Å²) in [7, 11) is 0. The fourth-order valence-electron chi connectivity index (χ4n) is 3.27. The van der Waals surface area contributed by atoms with Gasteiger partial charge in [-0.05, 0) is 24.0 Å². The third-order valence-corrected chi connectivity index (χ3v) is 4.74. The average Bonchev–Trinajstić information content (AvgIpc) is 2.60. The summed E-state index contributed by atoms with van der Waals surface area (Å²) in [6, 6.07) is 10.3. The summed E-state index contributed by atoms with van der Waals surface area (Å²) < 4.78 is 5.52. The first-order chi connectivity index (χ1) is 12.6. The van der Waals surface area contributed by atoms with Gasteiger partial charge in [0, 0.05) is 10.8 Å². The maximum atomic E-state index is 11.9. The number of hydrogen-bond acceptors (Lipinski definition) is 3. The summed E-state index contributed by atoms with van der Waals surface area (Å²) in [6.45, 7) is 9.94. The molecule has 1 aromatic rings. The van der Waals surface area contributed by atoms with Gasteiger partial charge in [0.15, 0.2) is 0 Å². The number of hydrogen-bond donors (Lipinski definition) is 1. The van der Waals surface area contributed by atoms with Crippen LogP contribution < -0.4 is 0 Å². The zero-order chi connectivity index (χ0) is 20.1. The molecule has 2 atom stereocenters. The number of carboxylic acid groups (broad SMARTS) is 1. The minimum absolute atomic E-state index is 0.182. The second kappa shape index (κ2) is 8.38. The van der Waals surface area contributed by atoms with Gasteiger partial charge in [0.05, 0.1) is 0 Å². The highest BCUT2D eigenvalue weighted by Gasteiger charge is 2.34. The molecule has 0 aromatic heterocycles. The molecular formula is C23H28O4. The number of aliphatic carboxylic acids is 1. The van der Waals surface area contributed by atoms with Gasteiger partial charge in [-0.25, -0.2) is 0 Å². The third kappa shape index (κ3) is 5.68. The Balaban J connectivity index is 2.18. The molecule has 1 aliphatic rings. The van der Waals surface area contributed by atoms with Crippen molar-refractivity contribution >= 4 is 11.9 Å². The molecular weight excluding hydrogens is 340 g/mol. The first-order valence-corrected chi connectivity index (χ1v) is 9.13. The number of benzene rings is 1. The zero-order valence-electron chi connectivity index (χ0n) is 16.3. The molecule has 1 aromatic carbocycles. The van der Waals surface area contributed by atoms with Crippen molar-refractivity contribution in [2.75, 3.05) is 0 Å². The Morgan fingerprint density at radius 2 is 1.96 bits per heavy atom. The first-order valence-electron chi connectivity index (χ1n) is 9.13. The van der Waals surface area contributed by atoms with Crippen molar-refractivity contribution in [1.29, 1.82) is 0 Å². The molecule has 4 nitrogen and oxygen atoms in total. The molecule has 0 spiro atoms. The lowest BCUT2D eigenvalue weighted by Crippen LogP contribution is -2.35. The Morgan fingerprint density at radius 3 is 2.44 bits per heavy atom. The van der Waals surface area contributed by atoms with E-state index >= 15 is 0 Å². The lowest BCUT2D eigenvalue weighted by molar-refractivity contribution is -0.157. The molecule has 0 bridgehead atoms. The molecule has 1 N–H and O–H groups in total. The SMILES string of the molecule is C=CC1(Cc2ccccc2)C=CC(C(OC(=O)CC(=O)O)C(C)(C)C)=CC1. The van der Waals surface area contributed by atoms with E-state index in [9.17, 15) is 9.59 Å². The molecule has 1 aliphatic carbocycles. The van der Waals surface area contributed by atoms with Crippen LogP contribution in [0.4, 0.5) is 0 Å². The van der Waals surface area contributed by atoms with Gasteiger partial charge < -0.3 is 9.84 Å². The van der Waals surface area contributed by atoms with Crippen LogP contribution in [0.15, 0.2) is 66.8 Å². The van der Waals surface area contributed by atoms with E-state index in [1.54, 1.807) is 0 Å². The van der Waals surface area contributed by atoms with Crippen molar-refractivity contribution in [3.05, 3.63) is 72.4 Å². The predicted octanol–water partition coefficient (Wildman–Crippen LogP) is 4.72. The fraction of sp³-hybridized carbons (Fsp3) is 0.391. The van der Waals surface area contributed by atoms with Crippen molar-refractivity contribution < 1.29 is 19.4 Å². The summed E-state index contributed by atoms with van der Waals surface area (Å²) >= 11 is 0. The summed E-state index contributed by atoms with van der Waals surface area (Å²) in [5.41, 5.74) is 1.60. The lowest BCUT2D eigenvalue weighted by atomic mass is 9.73. The van der Waals surface area contributed by atoms with Gasteiger partial charge in [-0.3, -0.25) is 9.59 Å². The number of carbonyl (C=O) groups excluding carboxylic acids is 1. The lowest BCUT2D eigenvalue weighted by Gasteiger charge is -2.35. The zero-order valence-corrected chi connectivity index (χ0v) is 16.3. The van der Waals surface area contributed by atoms with Gasteiger partial charge >= 0.3 is 11.9 Å². The van der Waals surface area contributed by atoms with E-state index in [1.165, 1.54) is 5.56 Å². The van der Waals surface area contributed by atoms with E-state index in [-0.39, 0.29) is 10.8 Å². The quantitative estimate of drug-likeness (QED) is 0.430. The number of esters is 1. The Hall–Kier alpha value is -2.62. The molecule has 0 heterocycles. The largest absolute Gasteiger partial charge is 0.481 e. The molecule has 144 valence electrons. The molecule has 2 rings (SSSR count). The summed E-state index contributed by atoms with van der Waals surface area (Å²) in [5, 5.41) is 8.81. The van der Waals surface area contributed by atoms with Gasteiger partial charge in [0.2, 0.25) is 0 Å². The first kappa shape index (κ1) is 20.7. The molecule has 0 aliphatic heterocycles. The Morgan fingerprint density at radius 1 is 1.30 bits per heavy atom. The molecule has 27 heavy (non-hydrogen) atoms. The van der Waals surface area contributed by atoms with Crippen LogP contribution in [-0.4, -0.2) is 23.1 Å². The van der Waals surface area contributed by atoms with Gasteiger partial charge in [-0.1, -0.05) is 75.4 Å². The minimum atomic E-state index is -1.19. The van der Waals surface area contributed by atoms with Gasteiger partial charge in [0.25, 0.3) is 0 Å². The van der Waals surface area contributed by atoms with Crippen molar-refractivity contribution in [3.63, 3.8) is 0 Å². The Bertz CT molecular complexity index is 752. The van der Waals surface area contributed by atoms with Crippen molar-refractivity contribution in [2.45, 2.75) is 46.1 Å². The molecule has 0 radical (unpaired) electrons. The van der Waals surface area contributed by atoms with E-state index in [2.05, 4.69) is 30.9 Å². The van der Waals surface area contributed by atoms with Gasteiger partial charge in [0.1, 0.15) is 12.5 Å². The smallest absolute Gasteiger partial charge is 0.317 e. The molecule has 0 amide bonds. The van der Waals surface area contributed by atoms with Crippen LogP contribution in [0, 0.1) is 10.8 Å². The van der Waals surface area contributed by atoms with Crippen LogP contribution in [0.5, 0.6) is 0 Å². The summed E-state index contributed by atoms with van der Waals surface area (Å²) in [5.74, 6) is -1.91. The van der Waals surface area contributed by atoms with E-state index < -0.39 is 24.5 Å².